The molecule has 8 nitrogen and oxygen atoms in total. The molecule has 3 aromatic rings. The average molecular weight is 590 g/mol. The maximum atomic E-state index is 13.3. The first-order valence-electron chi connectivity index (χ1n) is 15.9. The number of hydrogen-bond acceptors (Lipinski definition) is 6. The van der Waals surface area contributed by atoms with Gasteiger partial charge in [0.25, 0.3) is 5.56 Å². The highest BCUT2D eigenvalue weighted by molar-refractivity contribution is 5.83. The van der Waals surface area contributed by atoms with Crippen LogP contribution in [-0.2, 0) is 17.8 Å². The zero-order chi connectivity index (χ0) is 30.7. The van der Waals surface area contributed by atoms with Gasteiger partial charge in [0.05, 0.1) is 5.52 Å². The van der Waals surface area contributed by atoms with Crippen molar-refractivity contribution in [1.82, 2.24) is 14.4 Å². The van der Waals surface area contributed by atoms with Gasteiger partial charge in [-0.25, -0.2) is 4.79 Å². The first-order valence-corrected chi connectivity index (χ1v) is 15.9. The van der Waals surface area contributed by atoms with Gasteiger partial charge in [-0.1, -0.05) is 37.5 Å². The number of carbonyl (C=O) groups is 1. The molecule has 1 amide bonds. The number of ether oxygens (including phenoxy) is 1. The lowest BCUT2D eigenvalue weighted by Crippen LogP contribution is -2.49. The van der Waals surface area contributed by atoms with Crippen molar-refractivity contribution in [1.29, 1.82) is 0 Å². The van der Waals surface area contributed by atoms with Crippen LogP contribution in [0.5, 0.6) is 11.5 Å². The molecule has 0 bridgehead atoms. The average Bonchev–Trinajstić information content (AvgIpc) is 2.97. The van der Waals surface area contributed by atoms with Crippen molar-refractivity contribution in [2.24, 2.45) is 0 Å². The van der Waals surface area contributed by atoms with E-state index in [1.54, 1.807) is 17.0 Å². The molecule has 232 valence electrons. The molecule has 1 aliphatic carbocycles. The lowest BCUT2D eigenvalue weighted by atomic mass is 9.83. The smallest absolute Gasteiger partial charge is 0.410 e. The number of rotatable bonds is 7. The Morgan fingerprint density at radius 2 is 1.65 bits per heavy atom. The summed E-state index contributed by atoms with van der Waals surface area (Å²) in [5, 5.41) is 20.9. The molecule has 0 spiro atoms. The lowest BCUT2D eigenvalue weighted by molar-refractivity contribution is 0.00564. The SMILES string of the molecule is Cc1cc(=O)n(CCN2CCC(N(Cc3ccc(O)c(O)c3)C(=O)OC(C)(C)C)CC2)c2cc(C3CCCCC3)ccc12. The molecular weight excluding hydrogens is 542 g/mol. The number of carbonyl (C=O) groups excluding carboxylic acids is 1. The van der Waals surface area contributed by atoms with E-state index < -0.39 is 5.60 Å². The topological polar surface area (TPSA) is 95.2 Å². The molecule has 0 unspecified atom stereocenters. The fraction of sp³-hybridized carbons (Fsp3) is 0.543. The number of phenols is 2. The van der Waals surface area contributed by atoms with Crippen LogP contribution in [0, 0.1) is 6.92 Å². The molecule has 2 aromatic carbocycles. The van der Waals surface area contributed by atoms with E-state index in [-0.39, 0.29) is 35.7 Å². The number of piperidine rings is 1. The number of likely N-dealkylation sites (tertiary alicyclic amines) is 1. The molecule has 5 rings (SSSR count). The second-order valence-corrected chi connectivity index (χ2v) is 13.4. The van der Waals surface area contributed by atoms with Gasteiger partial charge in [-0.2, -0.15) is 0 Å². The Labute approximate surface area is 254 Å². The van der Waals surface area contributed by atoms with Gasteiger partial charge in [-0.05, 0) is 94.2 Å². The van der Waals surface area contributed by atoms with Crippen LogP contribution in [0.25, 0.3) is 10.9 Å². The molecule has 1 saturated heterocycles. The number of fused-ring (bicyclic) bond motifs is 1. The molecule has 1 saturated carbocycles. The zero-order valence-electron chi connectivity index (χ0n) is 26.1. The number of amides is 1. The van der Waals surface area contributed by atoms with Gasteiger partial charge < -0.3 is 29.3 Å². The summed E-state index contributed by atoms with van der Waals surface area (Å²) in [6.45, 7) is 10.9. The second-order valence-electron chi connectivity index (χ2n) is 13.4. The summed E-state index contributed by atoms with van der Waals surface area (Å²) in [6, 6.07) is 13.1. The summed E-state index contributed by atoms with van der Waals surface area (Å²) >= 11 is 0. The molecular formula is C35H47N3O5. The number of aromatic nitrogens is 1. The van der Waals surface area contributed by atoms with Gasteiger partial charge in [-0.3, -0.25) is 4.79 Å². The van der Waals surface area contributed by atoms with Crippen LogP contribution in [0.3, 0.4) is 0 Å². The summed E-state index contributed by atoms with van der Waals surface area (Å²) in [6.07, 6.45) is 7.50. The Bertz CT molecular complexity index is 1490. The van der Waals surface area contributed by atoms with Crippen LogP contribution in [0.2, 0.25) is 0 Å². The molecule has 8 heteroatoms. The summed E-state index contributed by atoms with van der Waals surface area (Å²) in [5.41, 5.74) is 3.56. The lowest BCUT2D eigenvalue weighted by Gasteiger charge is -2.39. The molecule has 2 heterocycles. The molecule has 1 aliphatic heterocycles. The summed E-state index contributed by atoms with van der Waals surface area (Å²) in [5.74, 6) is 0.187. The first kappa shape index (κ1) is 30.9. The number of benzene rings is 2. The van der Waals surface area contributed by atoms with Crippen LogP contribution >= 0.6 is 0 Å². The molecule has 0 radical (unpaired) electrons. The van der Waals surface area contributed by atoms with Crippen LogP contribution < -0.4 is 5.56 Å². The standard InChI is InChI=1S/C35H47N3O5/c1-24-20-33(41)37(30-22-27(11-12-29(24)30)26-8-6-5-7-9-26)19-18-36-16-14-28(15-17-36)38(34(42)43-35(2,3)4)23-25-10-13-31(39)32(40)21-25/h10-13,20-22,26,28,39-40H,5-9,14-19,23H2,1-4H3. The molecule has 2 aliphatic rings. The predicted octanol–water partition coefficient (Wildman–Crippen LogP) is 6.67. The number of aryl methyl sites for hydroxylation is 1. The first-order chi connectivity index (χ1) is 20.5. The summed E-state index contributed by atoms with van der Waals surface area (Å²) < 4.78 is 7.70. The van der Waals surface area contributed by atoms with E-state index in [4.69, 9.17) is 4.74 Å². The van der Waals surface area contributed by atoms with Gasteiger partial charge in [0, 0.05) is 50.2 Å². The van der Waals surface area contributed by atoms with E-state index in [1.165, 1.54) is 49.8 Å². The predicted molar refractivity (Wildman–Crippen MR) is 170 cm³/mol. The number of nitrogens with zero attached hydrogens (tertiary/aromatic N) is 3. The third-order valence-corrected chi connectivity index (χ3v) is 9.08. The second kappa shape index (κ2) is 13.0. The number of aromatic hydroxyl groups is 2. The van der Waals surface area contributed by atoms with Crippen molar-refractivity contribution in [2.45, 2.75) is 103 Å². The quantitative estimate of drug-likeness (QED) is 0.299. The Hall–Kier alpha value is -3.52. The molecule has 1 aromatic heterocycles. The van der Waals surface area contributed by atoms with Crippen LogP contribution in [0.1, 0.15) is 88.3 Å². The molecule has 43 heavy (non-hydrogen) atoms. The van der Waals surface area contributed by atoms with E-state index in [0.717, 1.165) is 54.5 Å². The van der Waals surface area contributed by atoms with Crippen molar-refractivity contribution in [3.63, 3.8) is 0 Å². The Balaban J connectivity index is 1.28. The van der Waals surface area contributed by atoms with Crippen molar-refractivity contribution >= 4 is 17.0 Å². The van der Waals surface area contributed by atoms with Crippen LogP contribution in [0.15, 0.2) is 47.3 Å². The third-order valence-electron chi connectivity index (χ3n) is 9.08. The minimum absolute atomic E-state index is 0.0250. The van der Waals surface area contributed by atoms with E-state index >= 15 is 0 Å². The van der Waals surface area contributed by atoms with E-state index in [1.807, 2.05) is 32.3 Å². The zero-order valence-corrected chi connectivity index (χ0v) is 26.1. The Kier molecular flexibility index (Phi) is 9.35. The maximum Gasteiger partial charge on any atom is 0.410 e. The monoisotopic (exact) mass is 589 g/mol. The van der Waals surface area contributed by atoms with Crippen LogP contribution in [0.4, 0.5) is 4.79 Å². The number of phenolic OH excluding ortho intramolecular Hbond substituents is 2. The van der Waals surface area contributed by atoms with E-state index in [9.17, 15) is 19.8 Å². The molecule has 0 atom stereocenters. The minimum Gasteiger partial charge on any atom is -0.504 e. The molecule has 2 fully saturated rings. The molecule has 2 N–H and O–H groups in total. The maximum absolute atomic E-state index is 13.3. The summed E-state index contributed by atoms with van der Waals surface area (Å²) in [7, 11) is 0. The normalized spacial score (nSPS) is 17.3. The van der Waals surface area contributed by atoms with Crippen molar-refractivity contribution in [3.05, 3.63) is 69.5 Å². The van der Waals surface area contributed by atoms with Crippen molar-refractivity contribution in [2.75, 3.05) is 19.6 Å². The van der Waals surface area contributed by atoms with E-state index in [0.29, 0.717) is 12.5 Å². The number of pyridine rings is 1. The van der Waals surface area contributed by atoms with Gasteiger partial charge in [0.1, 0.15) is 5.60 Å². The van der Waals surface area contributed by atoms with Gasteiger partial charge in [-0.15, -0.1) is 0 Å². The van der Waals surface area contributed by atoms with Gasteiger partial charge in [0.15, 0.2) is 11.5 Å². The largest absolute Gasteiger partial charge is 0.504 e. The van der Waals surface area contributed by atoms with Gasteiger partial charge >= 0.3 is 6.09 Å². The Morgan fingerprint density at radius 1 is 0.930 bits per heavy atom. The highest BCUT2D eigenvalue weighted by Gasteiger charge is 2.31. The number of hydrogen-bond donors (Lipinski definition) is 2. The minimum atomic E-state index is -0.631. The fourth-order valence-electron chi connectivity index (χ4n) is 6.71. The Morgan fingerprint density at radius 3 is 2.33 bits per heavy atom. The van der Waals surface area contributed by atoms with E-state index in [2.05, 4.69) is 23.1 Å². The third kappa shape index (κ3) is 7.53. The highest BCUT2D eigenvalue weighted by Crippen LogP contribution is 2.34. The highest BCUT2D eigenvalue weighted by atomic mass is 16.6. The van der Waals surface area contributed by atoms with Crippen molar-refractivity contribution in [3.8, 4) is 11.5 Å². The van der Waals surface area contributed by atoms with Crippen LogP contribution in [-0.4, -0.2) is 62.0 Å². The van der Waals surface area contributed by atoms with Crippen molar-refractivity contribution < 1.29 is 19.7 Å². The van der Waals surface area contributed by atoms with Gasteiger partial charge in [0.2, 0.25) is 0 Å². The summed E-state index contributed by atoms with van der Waals surface area (Å²) in [4.78, 5) is 30.6. The fourth-order valence-corrected chi connectivity index (χ4v) is 6.71.